The fourth-order valence-electron chi connectivity index (χ4n) is 0.878. The van der Waals surface area contributed by atoms with Gasteiger partial charge in [0.1, 0.15) is 0 Å². The van der Waals surface area contributed by atoms with Gasteiger partial charge in [0, 0.05) is 0 Å². The standard InChI is InChI=1S/C6H11NOSi/c1-9(2,3)5-4-7-6(5)8/h4-5H,1-3H3/p+1. The Kier molecular flexibility index (Phi) is 1.31. The van der Waals surface area contributed by atoms with E-state index in [-0.39, 0.29) is 11.4 Å². The van der Waals surface area contributed by atoms with Crippen LogP contribution in [0.2, 0.25) is 25.2 Å². The maximum Gasteiger partial charge on any atom is 0.395 e. The number of hydrogen-bond donors (Lipinski definition) is 1. The zero-order valence-corrected chi connectivity index (χ0v) is 7.06. The molecule has 9 heavy (non-hydrogen) atoms. The molecule has 1 N–H and O–H groups in total. The van der Waals surface area contributed by atoms with Crippen molar-refractivity contribution in [1.29, 1.82) is 0 Å². The minimum absolute atomic E-state index is 0.217. The molecule has 1 aliphatic heterocycles. The molecule has 0 aromatic carbocycles. The molecule has 1 atom stereocenters. The highest BCUT2D eigenvalue weighted by Crippen LogP contribution is 2.19. The largest absolute Gasteiger partial charge is 0.395 e. The molecule has 2 nitrogen and oxygen atoms in total. The summed E-state index contributed by atoms with van der Waals surface area (Å²) in [6.45, 7) is 6.60. The van der Waals surface area contributed by atoms with Gasteiger partial charge < -0.3 is 0 Å². The van der Waals surface area contributed by atoms with E-state index < -0.39 is 8.07 Å². The first-order valence-corrected chi connectivity index (χ1v) is 6.73. The Morgan fingerprint density at radius 1 is 1.56 bits per heavy atom. The molecule has 1 rings (SSSR count). The Morgan fingerprint density at radius 2 is 2.11 bits per heavy atom. The van der Waals surface area contributed by atoms with Gasteiger partial charge in [0.25, 0.3) is 0 Å². The zero-order chi connectivity index (χ0) is 7.07. The Bertz CT molecular complexity index is 168. The van der Waals surface area contributed by atoms with Gasteiger partial charge in [0.2, 0.25) is 0 Å². The fraction of sp³-hybridized carbons (Fsp3) is 0.667. The quantitative estimate of drug-likeness (QED) is 0.486. The minimum Gasteiger partial charge on any atom is -0.219 e. The van der Waals surface area contributed by atoms with Crippen LogP contribution in [0.3, 0.4) is 0 Å². The number of nitrogens with one attached hydrogen (secondary N) is 1. The second kappa shape index (κ2) is 1.77. The van der Waals surface area contributed by atoms with Crippen molar-refractivity contribution in [2.45, 2.75) is 25.2 Å². The van der Waals surface area contributed by atoms with Crippen molar-refractivity contribution in [3.05, 3.63) is 0 Å². The van der Waals surface area contributed by atoms with Gasteiger partial charge in [-0.15, -0.1) is 0 Å². The zero-order valence-electron chi connectivity index (χ0n) is 6.06. The molecule has 1 unspecified atom stereocenters. The molecule has 1 heterocycles. The predicted octanol–water partition coefficient (Wildman–Crippen LogP) is -0.614. The summed E-state index contributed by atoms with van der Waals surface area (Å²) in [6, 6.07) is 0. The lowest BCUT2D eigenvalue weighted by atomic mass is 10.3. The molecule has 0 saturated carbocycles. The van der Waals surface area contributed by atoms with Gasteiger partial charge >= 0.3 is 5.91 Å². The monoisotopic (exact) mass is 142 g/mol. The van der Waals surface area contributed by atoms with Crippen molar-refractivity contribution < 1.29 is 9.79 Å². The topological polar surface area (TPSA) is 31.0 Å². The highest BCUT2D eigenvalue weighted by molar-refractivity contribution is 6.83. The van der Waals surface area contributed by atoms with Gasteiger partial charge in [-0.05, 0) is 0 Å². The van der Waals surface area contributed by atoms with E-state index in [4.69, 9.17) is 0 Å². The summed E-state index contributed by atoms with van der Waals surface area (Å²) in [5.74, 6) is 0.217. The normalized spacial score (nSPS) is 26.1. The second-order valence-corrected chi connectivity index (χ2v) is 8.87. The first-order chi connectivity index (χ1) is 4.02. The molecule has 0 aromatic heterocycles. The number of carbonyl (C=O) groups is 1. The van der Waals surface area contributed by atoms with Crippen LogP contribution >= 0.6 is 0 Å². The molecule has 0 radical (unpaired) electrons. The molecular weight excluding hydrogens is 130 g/mol. The molecule has 1 aliphatic rings. The summed E-state index contributed by atoms with van der Waals surface area (Å²) in [5, 5.41) is 0. The van der Waals surface area contributed by atoms with E-state index in [1.807, 2.05) is 6.21 Å². The van der Waals surface area contributed by atoms with Gasteiger partial charge in [-0.3, -0.25) is 0 Å². The molecule has 0 fully saturated rings. The average Bonchev–Trinajstić information content (AvgIpc) is 1.57. The molecule has 3 heteroatoms. The van der Waals surface area contributed by atoms with E-state index >= 15 is 0 Å². The highest BCUT2D eigenvalue weighted by atomic mass is 28.3. The lowest BCUT2D eigenvalue weighted by molar-refractivity contribution is -0.391. The Labute approximate surface area is 56.0 Å². The summed E-state index contributed by atoms with van der Waals surface area (Å²) in [6.07, 6.45) is 1.91. The van der Waals surface area contributed by atoms with E-state index in [0.717, 1.165) is 0 Å². The summed E-state index contributed by atoms with van der Waals surface area (Å²) in [5.41, 5.74) is 0.262. The van der Waals surface area contributed by atoms with Crippen molar-refractivity contribution in [2.75, 3.05) is 0 Å². The summed E-state index contributed by atoms with van der Waals surface area (Å²) in [4.78, 5) is 13.4. The SMILES string of the molecule is C[Si](C)(C)C1C=[NH+]C1=O. The van der Waals surface area contributed by atoms with Crippen LogP contribution in [0.1, 0.15) is 0 Å². The van der Waals surface area contributed by atoms with E-state index in [1.165, 1.54) is 0 Å². The molecular formula is C6H12NOSi+. The molecule has 0 bridgehead atoms. The van der Waals surface area contributed by atoms with Crippen LogP contribution in [-0.2, 0) is 4.79 Å². The molecule has 0 aromatic rings. The van der Waals surface area contributed by atoms with Crippen LogP contribution in [0.15, 0.2) is 0 Å². The predicted molar refractivity (Wildman–Crippen MR) is 39.1 cm³/mol. The molecule has 1 amide bonds. The Hall–Kier alpha value is -0.443. The van der Waals surface area contributed by atoms with Crippen LogP contribution in [0, 0.1) is 0 Å². The van der Waals surface area contributed by atoms with Gasteiger partial charge in [-0.1, -0.05) is 19.6 Å². The number of hydrogen-bond acceptors (Lipinski definition) is 1. The van der Waals surface area contributed by atoms with Crippen LogP contribution in [0.5, 0.6) is 0 Å². The van der Waals surface area contributed by atoms with Crippen molar-refractivity contribution >= 4 is 20.2 Å². The molecule has 50 valence electrons. The maximum atomic E-state index is 10.8. The second-order valence-electron chi connectivity index (χ2n) is 3.52. The van der Waals surface area contributed by atoms with Crippen LogP contribution in [0.25, 0.3) is 0 Å². The fourth-order valence-corrected chi connectivity index (χ4v) is 2.33. The van der Waals surface area contributed by atoms with Crippen molar-refractivity contribution in [3.8, 4) is 0 Å². The van der Waals surface area contributed by atoms with E-state index in [1.54, 1.807) is 0 Å². The van der Waals surface area contributed by atoms with Crippen molar-refractivity contribution in [2.24, 2.45) is 0 Å². The van der Waals surface area contributed by atoms with Crippen molar-refractivity contribution in [3.63, 3.8) is 0 Å². The highest BCUT2D eigenvalue weighted by Gasteiger charge is 2.42. The van der Waals surface area contributed by atoms with E-state index in [0.29, 0.717) is 0 Å². The first-order valence-electron chi connectivity index (χ1n) is 3.15. The number of amides is 1. The van der Waals surface area contributed by atoms with Crippen LogP contribution in [-0.4, -0.2) is 20.2 Å². The van der Waals surface area contributed by atoms with Crippen LogP contribution in [0.4, 0.5) is 0 Å². The third kappa shape index (κ3) is 1.10. The molecule has 0 spiro atoms. The van der Waals surface area contributed by atoms with Crippen molar-refractivity contribution in [1.82, 2.24) is 0 Å². The third-order valence-corrected chi connectivity index (χ3v) is 3.90. The van der Waals surface area contributed by atoms with Gasteiger partial charge in [0.15, 0.2) is 11.8 Å². The third-order valence-electron chi connectivity index (χ3n) is 1.61. The Balaban J connectivity index is 2.67. The maximum absolute atomic E-state index is 10.8. The van der Waals surface area contributed by atoms with E-state index in [2.05, 4.69) is 24.6 Å². The number of carbonyl (C=O) groups excluding carboxylic acids is 1. The van der Waals surface area contributed by atoms with Gasteiger partial charge in [-0.25, -0.2) is 4.79 Å². The molecule has 0 aliphatic carbocycles. The van der Waals surface area contributed by atoms with Crippen LogP contribution < -0.4 is 4.99 Å². The average molecular weight is 142 g/mol. The lowest BCUT2D eigenvalue weighted by Gasteiger charge is -2.21. The molecule has 0 saturated heterocycles. The van der Waals surface area contributed by atoms with Gasteiger partial charge in [-0.2, -0.15) is 4.99 Å². The Morgan fingerprint density at radius 3 is 2.11 bits per heavy atom. The summed E-state index contributed by atoms with van der Waals surface area (Å²) in [7, 11) is -1.20. The summed E-state index contributed by atoms with van der Waals surface area (Å²) < 4.78 is 0. The lowest BCUT2D eigenvalue weighted by Crippen LogP contribution is -2.86. The van der Waals surface area contributed by atoms with Gasteiger partial charge in [0.05, 0.1) is 8.07 Å². The van der Waals surface area contributed by atoms with E-state index in [9.17, 15) is 4.79 Å². The number of rotatable bonds is 1. The summed E-state index contributed by atoms with van der Waals surface area (Å²) >= 11 is 0. The minimum atomic E-state index is -1.20. The smallest absolute Gasteiger partial charge is 0.219 e. The first kappa shape index (κ1) is 6.67.